The normalized spacial score (nSPS) is 17.5. The van der Waals surface area contributed by atoms with Crippen molar-refractivity contribution < 1.29 is 40.5 Å². The number of sulfonamides is 1. The van der Waals surface area contributed by atoms with Gasteiger partial charge in [0.15, 0.2) is 11.5 Å². The molecule has 0 aromatic heterocycles. The molecule has 39 heavy (non-hydrogen) atoms. The number of benzene rings is 3. The van der Waals surface area contributed by atoms with Crippen LogP contribution in [0.4, 0.5) is 18.9 Å². The van der Waals surface area contributed by atoms with Crippen molar-refractivity contribution >= 4 is 27.3 Å². The Morgan fingerprint density at radius 2 is 1.64 bits per heavy atom. The largest absolute Gasteiger partial charge is 0.493 e. The minimum atomic E-state index is -4.69. The number of alkyl halides is 3. The summed E-state index contributed by atoms with van der Waals surface area (Å²) < 4.78 is 91.3. The summed E-state index contributed by atoms with van der Waals surface area (Å²) in [5.74, 6) is 1.10. The number of halogens is 4. The third-order valence-electron chi connectivity index (χ3n) is 6.01. The Labute approximate surface area is 229 Å². The Kier molecular flexibility index (Phi) is 8.10. The fraction of sp³-hybridized carbons (Fsp3) is 0.308. The first kappa shape index (κ1) is 28.7. The molecule has 0 saturated carbocycles. The molecule has 13 heteroatoms. The molecule has 0 radical (unpaired) electrons. The molecule has 3 aromatic carbocycles. The molecule has 1 saturated heterocycles. The fourth-order valence-corrected chi connectivity index (χ4v) is 5.63. The number of methoxy groups -OCH3 is 2. The fourth-order valence-electron chi connectivity index (χ4n) is 4.04. The van der Waals surface area contributed by atoms with E-state index in [9.17, 15) is 21.6 Å². The highest BCUT2D eigenvalue weighted by Crippen LogP contribution is 2.41. The van der Waals surface area contributed by atoms with Crippen molar-refractivity contribution in [2.45, 2.75) is 30.0 Å². The van der Waals surface area contributed by atoms with Gasteiger partial charge in [-0.15, -0.1) is 0 Å². The van der Waals surface area contributed by atoms with Crippen molar-refractivity contribution in [3.8, 4) is 28.7 Å². The van der Waals surface area contributed by atoms with Gasteiger partial charge in [-0.1, -0.05) is 11.6 Å². The summed E-state index contributed by atoms with van der Waals surface area (Å²) in [6.45, 7) is 2.64. The smallest absolute Gasteiger partial charge is 0.419 e. The van der Waals surface area contributed by atoms with E-state index >= 15 is 0 Å². The van der Waals surface area contributed by atoms with Gasteiger partial charge in [-0.05, 0) is 49.9 Å². The van der Waals surface area contributed by atoms with Crippen LogP contribution in [-0.4, -0.2) is 41.3 Å². The molecule has 0 spiro atoms. The molecule has 0 unspecified atom stereocenters. The molecule has 3 aromatic rings. The average Bonchev–Trinajstić information content (AvgIpc) is 3.28. The molecule has 210 valence electrons. The van der Waals surface area contributed by atoms with Gasteiger partial charge in [0, 0.05) is 31.2 Å². The number of ether oxygens (including phenoxy) is 4. The van der Waals surface area contributed by atoms with Crippen molar-refractivity contribution in [2.75, 3.05) is 32.0 Å². The summed E-state index contributed by atoms with van der Waals surface area (Å²) in [6.07, 6.45) is -4.20. The molecule has 1 atom stereocenters. The van der Waals surface area contributed by atoms with Gasteiger partial charge < -0.3 is 24.3 Å². The minimum absolute atomic E-state index is 0.116. The summed E-state index contributed by atoms with van der Waals surface area (Å²) >= 11 is 6.28. The molecule has 1 heterocycles. The highest BCUT2D eigenvalue weighted by atomic mass is 35.5. The summed E-state index contributed by atoms with van der Waals surface area (Å²) in [5, 5.41) is 2.89. The predicted molar refractivity (Wildman–Crippen MR) is 140 cm³/mol. The number of rotatable bonds is 9. The second-order valence-corrected chi connectivity index (χ2v) is 11.1. The van der Waals surface area contributed by atoms with Crippen molar-refractivity contribution in [1.29, 1.82) is 0 Å². The first-order valence-corrected chi connectivity index (χ1v) is 13.5. The zero-order chi connectivity index (χ0) is 28.4. The van der Waals surface area contributed by atoms with E-state index in [2.05, 4.69) is 10.0 Å². The maximum absolute atomic E-state index is 13.6. The Hall–Kier alpha value is -3.35. The van der Waals surface area contributed by atoms with Crippen LogP contribution in [-0.2, 0) is 16.2 Å². The van der Waals surface area contributed by atoms with Gasteiger partial charge in [0.2, 0.25) is 0 Å². The number of anilines is 1. The van der Waals surface area contributed by atoms with Crippen molar-refractivity contribution in [3.05, 3.63) is 65.2 Å². The van der Waals surface area contributed by atoms with Crippen LogP contribution in [0.2, 0.25) is 5.02 Å². The molecule has 4 rings (SSSR count). The van der Waals surface area contributed by atoms with E-state index in [0.29, 0.717) is 36.8 Å². The van der Waals surface area contributed by atoms with Crippen LogP contribution in [0.25, 0.3) is 0 Å². The monoisotopic (exact) mass is 586 g/mol. The molecular weight excluding hydrogens is 561 g/mol. The van der Waals surface area contributed by atoms with Crippen LogP contribution in [0, 0.1) is 0 Å². The van der Waals surface area contributed by atoms with E-state index in [1.165, 1.54) is 32.4 Å². The standard InChI is InChI=1S/C26H26ClF3N2O6S/c1-25(10-11-31-15-25)38-22-12-16(4-7-19(22)26(28,29)30)32-39(33,34)24-9-6-17(13-20(24)27)37-18-5-8-21(35-2)23(14-18)36-3/h4-9,12-14,31-32H,10-11,15H2,1-3H3/t25-/m1/s1. The van der Waals surface area contributed by atoms with Gasteiger partial charge >= 0.3 is 6.18 Å². The summed E-state index contributed by atoms with van der Waals surface area (Å²) in [4.78, 5) is -0.293. The van der Waals surface area contributed by atoms with Crippen LogP contribution in [0.15, 0.2) is 59.5 Å². The van der Waals surface area contributed by atoms with Gasteiger partial charge in [0.25, 0.3) is 10.0 Å². The van der Waals surface area contributed by atoms with Crippen LogP contribution in [0.1, 0.15) is 18.9 Å². The molecule has 2 N–H and O–H groups in total. The number of hydrogen-bond acceptors (Lipinski definition) is 7. The van der Waals surface area contributed by atoms with E-state index in [0.717, 1.165) is 18.2 Å². The molecule has 1 aliphatic heterocycles. The van der Waals surface area contributed by atoms with E-state index in [1.807, 2.05) is 0 Å². The average molecular weight is 587 g/mol. The van der Waals surface area contributed by atoms with Crippen molar-refractivity contribution in [1.82, 2.24) is 5.32 Å². The Morgan fingerprint density at radius 3 is 2.26 bits per heavy atom. The van der Waals surface area contributed by atoms with Crippen LogP contribution < -0.4 is 29.0 Å². The molecule has 8 nitrogen and oxygen atoms in total. The van der Waals surface area contributed by atoms with Gasteiger partial charge in [0.05, 0.1) is 30.5 Å². The molecule has 0 amide bonds. The lowest BCUT2D eigenvalue weighted by atomic mass is 10.1. The van der Waals surface area contributed by atoms with Crippen LogP contribution in [0.3, 0.4) is 0 Å². The van der Waals surface area contributed by atoms with E-state index in [4.69, 9.17) is 30.5 Å². The number of hydrogen-bond donors (Lipinski definition) is 2. The van der Waals surface area contributed by atoms with Gasteiger partial charge in [-0.25, -0.2) is 8.42 Å². The Morgan fingerprint density at radius 1 is 0.949 bits per heavy atom. The highest BCUT2D eigenvalue weighted by Gasteiger charge is 2.38. The molecule has 1 aliphatic rings. The van der Waals surface area contributed by atoms with Crippen LogP contribution >= 0.6 is 11.6 Å². The zero-order valence-corrected chi connectivity index (χ0v) is 22.8. The second kappa shape index (κ2) is 11.0. The van der Waals surface area contributed by atoms with Crippen LogP contribution in [0.5, 0.6) is 28.7 Å². The summed E-state index contributed by atoms with van der Waals surface area (Å²) in [7, 11) is -1.31. The number of nitrogens with one attached hydrogen (secondary N) is 2. The second-order valence-electron chi connectivity index (χ2n) is 9.00. The van der Waals surface area contributed by atoms with Gasteiger partial charge in [-0.3, -0.25) is 4.72 Å². The quantitative estimate of drug-likeness (QED) is 0.313. The lowest BCUT2D eigenvalue weighted by Gasteiger charge is -2.27. The maximum atomic E-state index is 13.6. The molecule has 1 fully saturated rings. The zero-order valence-electron chi connectivity index (χ0n) is 21.2. The molecule has 0 bridgehead atoms. The molecular formula is C26H26ClF3N2O6S. The highest BCUT2D eigenvalue weighted by molar-refractivity contribution is 7.92. The summed E-state index contributed by atoms with van der Waals surface area (Å²) in [5.41, 5.74) is -1.99. The Bertz CT molecular complexity index is 1460. The third-order valence-corrected chi connectivity index (χ3v) is 7.87. The molecule has 0 aliphatic carbocycles. The third kappa shape index (κ3) is 6.63. The van der Waals surface area contributed by atoms with Crippen molar-refractivity contribution in [2.24, 2.45) is 0 Å². The minimum Gasteiger partial charge on any atom is -0.493 e. The van der Waals surface area contributed by atoms with E-state index < -0.39 is 33.1 Å². The lowest BCUT2D eigenvalue weighted by Crippen LogP contribution is -2.35. The van der Waals surface area contributed by atoms with E-state index in [-0.39, 0.29) is 21.4 Å². The predicted octanol–water partition coefficient (Wildman–Crippen LogP) is 6.10. The van der Waals surface area contributed by atoms with E-state index in [1.54, 1.807) is 25.1 Å². The SMILES string of the molecule is COc1ccc(Oc2ccc(S(=O)(=O)Nc3ccc(C(F)(F)F)c(O[C@]4(C)CCNC4)c3)c(Cl)c2)cc1OC. The maximum Gasteiger partial charge on any atom is 0.419 e. The first-order chi connectivity index (χ1) is 18.3. The van der Waals surface area contributed by atoms with Gasteiger partial charge in [-0.2, -0.15) is 13.2 Å². The Balaban J connectivity index is 1.57. The lowest BCUT2D eigenvalue weighted by molar-refractivity contribution is -0.139. The summed E-state index contributed by atoms with van der Waals surface area (Å²) in [6, 6.07) is 11.6. The van der Waals surface area contributed by atoms with Crippen molar-refractivity contribution in [3.63, 3.8) is 0 Å². The first-order valence-electron chi connectivity index (χ1n) is 11.7. The topological polar surface area (TPSA) is 95.1 Å². The van der Waals surface area contributed by atoms with Gasteiger partial charge in [0.1, 0.15) is 27.7 Å².